The quantitative estimate of drug-likeness (QED) is 0.817. The lowest BCUT2D eigenvalue weighted by molar-refractivity contribution is 0.216. The van der Waals surface area contributed by atoms with Crippen molar-refractivity contribution < 1.29 is 8.42 Å². The summed E-state index contributed by atoms with van der Waals surface area (Å²) < 4.78 is 28.8. The highest BCUT2D eigenvalue weighted by atomic mass is 32.2. The van der Waals surface area contributed by atoms with Crippen molar-refractivity contribution >= 4 is 10.0 Å². The Labute approximate surface area is 127 Å². The number of hydrogen-bond donors (Lipinski definition) is 0. The molecule has 1 fully saturated rings. The average Bonchev–Trinajstić information content (AvgIpc) is 3.06. The van der Waals surface area contributed by atoms with Crippen LogP contribution in [0.2, 0.25) is 0 Å². The van der Waals surface area contributed by atoms with E-state index in [1.54, 1.807) is 15.2 Å². The van der Waals surface area contributed by atoms with Crippen LogP contribution in [0.15, 0.2) is 17.3 Å². The highest BCUT2D eigenvalue weighted by Crippen LogP contribution is 2.31. The monoisotopic (exact) mass is 314 g/mol. The normalized spacial score (nSPS) is 24.3. The van der Waals surface area contributed by atoms with E-state index in [2.05, 4.69) is 23.8 Å². The second kappa shape index (κ2) is 6.06. The topological polar surface area (TPSA) is 58.4 Å². The third-order valence-corrected chi connectivity index (χ3v) is 6.17. The molecule has 0 aliphatic carbocycles. The van der Waals surface area contributed by atoms with Crippen LogP contribution in [0.4, 0.5) is 0 Å². The standard InChI is InChI=1S/C14H26N4O2S/c1-6-17-8-12(7-15-17)21(19,20)18-9-13(11(2)3)14(10-18)16(4)5/h7-8,11,13-14H,6,9-10H2,1-5H3/t13-,14+/m1/s1. The molecule has 0 amide bonds. The molecular formula is C14H26N4O2S. The number of aromatic nitrogens is 2. The third-order valence-electron chi connectivity index (χ3n) is 4.39. The Morgan fingerprint density at radius 1 is 1.38 bits per heavy atom. The van der Waals surface area contributed by atoms with Crippen LogP contribution in [-0.4, -0.2) is 60.6 Å². The van der Waals surface area contributed by atoms with Crippen LogP contribution >= 0.6 is 0 Å². The van der Waals surface area contributed by atoms with Gasteiger partial charge in [0.25, 0.3) is 0 Å². The summed E-state index contributed by atoms with van der Waals surface area (Å²) >= 11 is 0. The maximum absolute atomic E-state index is 12.8. The highest BCUT2D eigenvalue weighted by Gasteiger charge is 2.41. The summed E-state index contributed by atoms with van der Waals surface area (Å²) in [4.78, 5) is 2.43. The fourth-order valence-corrected chi connectivity index (χ4v) is 4.42. The van der Waals surface area contributed by atoms with E-state index in [9.17, 15) is 8.42 Å². The Bertz CT molecular complexity index is 564. The molecule has 0 unspecified atom stereocenters. The van der Waals surface area contributed by atoms with Gasteiger partial charge in [-0.05, 0) is 32.9 Å². The first-order chi connectivity index (χ1) is 9.77. The zero-order chi connectivity index (χ0) is 15.8. The van der Waals surface area contributed by atoms with Gasteiger partial charge in [-0.1, -0.05) is 13.8 Å². The fraction of sp³-hybridized carbons (Fsp3) is 0.786. The number of rotatable bonds is 5. The number of hydrogen-bond acceptors (Lipinski definition) is 4. The van der Waals surface area contributed by atoms with E-state index < -0.39 is 10.0 Å². The number of aryl methyl sites for hydroxylation is 1. The zero-order valence-electron chi connectivity index (χ0n) is 13.5. The molecule has 21 heavy (non-hydrogen) atoms. The van der Waals surface area contributed by atoms with Gasteiger partial charge in [-0.2, -0.15) is 9.40 Å². The van der Waals surface area contributed by atoms with E-state index in [0.29, 0.717) is 36.4 Å². The van der Waals surface area contributed by atoms with Crippen LogP contribution in [-0.2, 0) is 16.6 Å². The maximum Gasteiger partial charge on any atom is 0.246 e. The van der Waals surface area contributed by atoms with Gasteiger partial charge in [0, 0.05) is 31.9 Å². The second-order valence-electron chi connectivity index (χ2n) is 6.29. The van der Waals surface area contributed by atoms with Gasteiger partial charge in [-0.15, -0.1) is 0 Å². The summed E-state index contributed by atoms with van der Waals surface area (Å²) in [5, 5.41) is 4.08. The molecule has 6 nitrogen and oxygen atoms in total. The second-order valence-corrected chi connectivity index (χ2v) is 8.23. The molecule has 1 aromatic heterocycles. The minimum Gasteiger partial charge on any atom is -0.305 e. The van der Waals surface area contributed by atoms with Crippen molar-refractivity contribution in [3.8, 4) is 0 Å². The summed E-state index contributed by atoms with van der Waals surface area (Å²) in [6, 6.07) is 0.265. The van der Waals surface area contributed by atoms with E-state index in [4.69, 9.17) is 0 Å². The molecule has 1 saturated heterocycles. The van der Waals surface area contributed by atoms with Gasteiger partial charge in [0.05, 0.1) is 6.20 Å². The van der Waals surface area contributed by atoms with Crippen molar-refractivity contribution in [2.24, 2.45) is 11.8 Å². The van der Waals surface area contributed by atoms with Gasteiger partial charge in [0.1, 0.15) is 4.90 Å². The first-order valence-electron chi connectivity index (χ1n) is 7.46. The number of sulfonamides is 1. The predicted octanol–water partition coefficient (Wildman–Crippen LogP) is 1.11. The summed E-state index contributed by atoms with van der Waals surface area (Å²) in [5.74, 6) is 0.812. The predicted molar refractivity (Wildman–Crippen MR) is 82.5 cm³/mol. The summed E-state index contributed by atoms with van der Waals surface area (Å²) in [6.45, 7) is 8.06. The van der Waals surface area contributed by atoms with Crippen molar-refractivity contribution in [1.29, 1.82) is 0 Å². The molecule has 1 aliphatic heterocycles. The van der Waals surface area contributed by atoms with Crippen molar-refractivity contribution in [3.63, 3.8) is 0 Å². The summed E-state index contributed by atoms with van der Waals surface area (Å²) in [5.41, 5.74) is 0. The van der Waals surface area contributed by atoms with E-state index in [0.717, 1.165) is 0 Å². The molecule has 120 valence electrons. The zero-order valence-corrected chi connectivity index (χ0v) is 14.3. The molecule has 0 spiro atoms. The van der Waals surface area contributed by atoms with Crippen molar-refractivity contribution in [2.45, 2.75) is 38.3 Å². The maximum atomic E-state index is 12.8. The lowest BCUT2D eigenvalue weighted by Gasteiger charge is -2.27. The van der Waals surface area contributed by atoms with Crippen LogP contribution < -0.4 is 0 Å². The van der Waals surface area contributed by atoms with Crippen LogP contribution in [0, 0.1) is 11.8 Å². The van der Waals surface area contributed by atoms with Gasteiger partial charge in [0.15, 0.2) is 0 Å². The van der Waals surface area contributed by atoms with Gasteiger partial charge >= 0.3 is 0 Å². The summed E-state index contributed by atoms with van der Waals surface area (Å²) in [6.07, 6.45) is 3.06. The Morgan fingerprint density at radius 2 is 2.05 bits per heavy atom. The van der Waals surface area contributed by atoms with Crippen LogP contribution in [0.3, 0.4) is 0 Å². The van der Waals surface area contributed by atoms with Gasteiger partial charge in [-0.3, -0.25) is 4.68 Å². The Morgan fingerprint density at radius 3 is 2.48 bits per heavy atom. The largest absolute Gasteiger partial charge is 0.305 e. The van der Waals surface area contributed by atoms with Gasteiger partial charge in [0.2, 0.25) is 10.0 Å². The molecule has 1 aromatic rings. The SMILES string of the molecule is CCn1cc(S(=O)(=O)N2C[C@H](C(C)C)[C@@H](N(C)C)C2)cn1. The Balaban J connectivity index is 2.25. The van der Waals surface area contributed by atoms with Crippen molar-refractivity contribution in [3.05, 3.63) is 12.4 Å². The van der Waals surface area contributed by atoms with Gasteiger partial charge in [-0.25, -0.2) is 8.42 Å². The average molecular weight is 314 g/mol. The lowest BCUT2D eigenvalue weighted by Crippen LogP contribution is -2.37. The molecule has 7 heteroatoms. The Hall–Kier alpha value is -0.920. The number of likely N-dealkylation sites (N-methyl/N-ethyl adjacent to an activating group) is 1. The molecule has 2 heterocycles. The van der Waals surface area contributed by atoms with Crippen molar-refractivity contribution in [2.75, 3.05) is 27.2 Å². The van der Waals surface area contributed by atoms with Crippen molar-refractivity contribution in [1.82, 2.24) is 19.0 Å². The molecule has 0 saturated carbocycles. The molecular weight excluding hydrogens is 288 g/mol. The van der Waals surface area contributed by atoms with Crippen LogP contribution in [0.25, 0.3) is 0 Å². The minimum absolute atomic E-state index is 0.265. The first-order valence-corrected chi connectivity index (χ1v) is 8.90. The van der Waals surface area contributed by atoms with Crippen LogP contribution in [0.1, 0.15) is 20.8 Å². The van der Waals surface area contributed by atoms with Gasteiger partial charge < -0.3 is 4.90 Å². The third kappa shape index (κ3) is 3.14. The summed E-state index contributed by atoms with van der Waals surface area (Å²) in [7, 11) is 0.601. The molecule has 1 aliphatic rings. The molecule has 0 radical (unpaired) electrons. The van der Waals surface area contributed by atoms with E-state index >= 15 is 0 Å². The lowest BCUT2D eigenvalue weighted by atomic mass is 9.91. The smallest absolute Gasteiger partial charge is 0.246 e. The molecule has 0 bridgehead atoms. The molecule has 2 atom stereocenters. The Kier molecular flexibility index (Phi) is 4.75. The molecule has 2 rings (SSSR count). The minimum atomic E-state index is -3.44. The fourth-order valence-electron chi connectivity index (χ4n) is 2.97. The van der Waals surface area contributed by atoms with E-state index in [1.165, 1.54) is 6.20 Å². The highest BCUT2D eigenvalue weighted by molar-refractivity contribution is 7.89. The van der Waals surface area contributed by atoms with E-state index in [-0.39, 0.29) is 6.04 Å². The molecule has 0 aromatic carbocycles. The number of nitrogens with zero attached hydrogens (tertiary/aromatic N) is 4. The van der Waals surface area contributed by atoms with E-state index in [1.807, 2.05) is 21.0 Å². The van der Waals surface area contributed by atoms with Crippen LogP contribution in [0.5, 0.6) is 0 Å². The molecule has 0 N–H and O–H groups in total. The first kappa shape index (κ1) is 16.5.